The third-order valence-corrected chi connectivity index (χ3v) is 8.73. The van der Waals surface area contributed by atoms with Gasteiger partial charge < -0.3 is 20.1 Å². The molecule has 2 aromatic rings. The van der Waals surface area contributed by atoms with Crippen molar-refractivity contribution in [2.75, 3.05) is 26.2 Å². The summed E-state index contributed by atoms with van der Waals surface area (Å²) < 4.78 is -0.124. The zero-order valence-corrected chi connectivity index (χ0v) is 21.0. The molecule has 0 spiro atoms. The van der Waals surface area contributed by atoms with Gasteiger partial charge in [0.1, 0.15) is 5.92 Å². The molecule has 7 heteroatoms. The minimum Gasteiger partial charge on any atom is -0.633 e. The number of rotatable bonds is 5. The van der Waals surface area contributed by atoms with E-state index in [2.05, 4.69) is 41.5 Å². The Morgan fingerprint density at radius 1 is 1.20 bits per heavy atom. The molecule has 6 rings (SSSR count). The first-order valence-electron chi connectivity index (χ1n) is 12.9. The molecule has 1 unspecified atom stereocenters. The smallest absolute Gasteiger partial charge is 0.237 e. The Morgan fingerprint density at radius 2 is 1.97 bits per heavy atom. The number of hydrogen-bond acceptors (Lipinski definition) is 4. The number of amides is 1. The first-order valence-corrected chi connectivity index (χ1v) is 13.3. The van der Waals surface area contributed by atoms with E-state index in [4.69, 9.17) is 11.6 Å². The fourth-order valence-electron chi connectivity index (χ4n) is 6.23. The summed E-state index contributed by atoms with van der Waals surface area (Å²) in [5.74, 6) is 0.115. The number of halogens is 1. The molecule has 6 nitrogen and oxygen atoms in total. The molecule has 0 radical (unpaired) electrons. The molecule has 1 atom stereocenters. The standard InChI is InChI=1S/C28H33ClN4O2/c1-28(21-3-2-4-22(29)13-21)14-19-7-10-30-16-25(19)26(15-28)31-23-8-11-32(12-9-23)27(34)20-17-33(35,18-20)24-5-6-24/h2-4,7,10,13,15-16,20,23-24,31H,5-6,8-9,11-12,14,17-18H2,1H3. The summed E-state index contributed by atoms with van der Waals surface area (Å²) >= 11 is 6.33. The van der Waals surface area contributed by atoms with Crippen molar-refractivity contribution < 1.29 is 9.44 Å². The molecule has 3 heterocycles. The highest BCUT2D eigenvalue weighted by Gasteiger charge is 2.51. The van der Waals surface area contributed by atoms with Crippen LogP contribution in [0.5, 0.6) is 0 Å². The maximum absolute atomic E-state index is 13.0. The zero-order chi connectivity index (χ0) is 24.2. The van der Waals surface area contributed by atoms with E-state index in [0.29, 0.717) is 19.1 Å². The van der Waals surface area contributed by atoms with E-state index >= 15 is 0 Å². The van der Waals surface area contributed by atoms with Crippen LogP contribution in [-0.2, 0) is 16.6 Å². The van der Waals surface area contributed by atoms with E-state index in [0.717, 1.165) is 61.5 Å². The number of quaternary nitrogens is 1. The SMILES string of the molecule is CC1(c2cccc(Cl)c2)C=C(NC2CCN(C(=O)C3C[N+]([O-])(C4CC4)C3)CC2)c2cnccc2C1. The van der Waals surface area contributed by atoms with Crippen LogP contribution in [0.15, 0.2) is 48.8 Å². The third kappa shape index (κ3) is 4.37. The minimum atomic E-state index is -0.173. The van der Waals surface area contributed by atoms with E-state index in [1.54, 1.807) is 0 Å². The van der Waals surface area contributed by atoms with Gasteiger partial charge in [0.25, 0.3) is 0 Å². The van der Waals surface area contributed by atoms with Crippen LogP contribution in [0, 0.1) is 11.1 Å². The lowest BCUT2D eigenvalue weighted by atomic mass is 9.72. The number of benzene rings is 1. The number of piperidine rings is 1. The average molecular weight is 493 g/mol. The van der Waals surface area contributed by atoms with Gasteiger partial charge in [-0.15, -0.1) is 0 Å². The molecule has 1 aromatic carbocycles. The fraction of sp³-hybridized carbons (Fsp3) is 0.500. The van der Waals surface area contributed by atoms with Crippen molar-refractivity contribution in [2.45, 2.75) is 56.5 Å². The Morgan fingerprint density at radius 3 is 2.69 bits per heavy atom. The van der Waals surface area contributed by atoms with Crippen LogP contribution >= 0.6 is 11.6 Å². The Bertz CT molecular complexity index is 1170. The maximum Gasteiger partial charge on any atom is 0.237 e. The van der Waals surface area contributed by atoms with Crippen LogP contribution in [0.4, 0.5) is 0 Å². The van der Waals surface area contributed by atoms with Gasteiger partial charge in [-0.2, -0.15) is 0 Å². The number of fused-ring (bicyclic) bond motifs is 1. The lowest BCUT2D eigenvalue weighted by molar-refractivity contribution is -0.936. The van der Waals surface area contributed by atoms with Crippen molar-refractivity contribution in [2.24, 2.45) is 5.92 Å². The number of likely N-dealkylation sites (tertiary alicyclic amines) is 2. The van der Waals surface area contributed by atoms with Gasteiger partial charge in [-0.1, -0.05) is 30.7 Å². The highest BCUT2D eigenvalue weighted by Crippen LogP contribution is 2.41. The monoisotopic (exact) mass is 492 g/mol. The summed E-state index contributed by atoms with van der Waals surface area (Å²) in [4.78, 5) is 19.3. The second kappa shape index (κ2) is 8.61. The molecule has 4 aliphatic rings. The van der Waals surface area contributed by atoms with Crippen molar-refractivity contribution in [3.8, 4) is 0 Å². The fourth-order valence-corrected chi connectivity index (χ4v) is 6.42. The van der Waals surface area contributed by atoms with Crippen LogP contribution < -0.4 is 5.32 Å². The molecular formula is C28H33ClN4O2. The number of hydrogen-bond donors (Lipinski definition) is 1. The van der Waals surface area contributed by atoms with E-state index in [1.807, 2.05) is 29.4 Å². The minimum absolute atomic E-state index is 0.0741. The molecule has 1 aromatic heterocycles. The Labute approximate surface area is 212 Å². The molecule has 2 aliphatic heterocycles. The molecule has 1 amide bonds. The van der Waals surface area contributed by atoms with E-state index < -0.39 is 0 Å². The van der Waals surface area contributed by atoms with Crippen molar-refractivity contribution in [3.05, 3.63) is 75.7 Å². The van der Waals surface area contributed by atoms with Gasteiger partial charge in [0, 0.05) is 66.1 Å². The van der Waals surface area contributed by atoms with Crippen LogP contribution in [0.3, 0.4) is 0 Å². The van der Waals surface area contributed by atoms with Gasteiger partial charge in [0.15, 0.2) is 0 Å². The second-order valence-corrected chi connectivity index (χ2v) is 11.6. The Balaban J connectivity index is 1.13. The van der Waals surface area contributed by atoms with E-state index in [1.165, 1.54) is 11.1 Å². The molecular weight excluding hydrogens is 460 g/mol. The lowest BCUT2D eigenvalue weighted by Crippen LogP contribution is -2.65. The number of allylic oxidation sites excluding steroid dienone is 1. The van der Waals surface area contributed by atoms with Gasteiger partial charge in [-0.05, 0) is 54.7 Å². The number of aromatic nitrogens is 1. The summed E-state index contributed by atoms with van der Waals surface area (Å²) in [5.41, 5.74) is 4.58. The van der Waals surface area contributed by atoms with E-state index in [-0.39, 0.29) is 27.9 Å². The van der Waals surface area contributed by atoms with Gasteiger partial charge in [0.05, 0.1) is 19.1 Å². The Kier molecular flexibility index (Phi) is 5.66. The van der Waals surface area contributed by atoms with Crippen LogP contribution in [-0.4, -0.2) is 58.7 Å². The summed E-state index contributed by atoms with van der Waals surface area (Å²) in [6.45, 7) is 4.72. The predicted molar refractivity (Wildman–Crippen MR) is 137 cm³/mol. The molecule has 2 aliphatic carbocycles. The van der Waals surface area contributed by atoms with Crippen molar-refractivity contribution >= 4 is 23.2 Å². The number of pyridine rings is 1. The maximum atomic E-state index is 13.0. The van der Waals surface area contributed by atoms with Gasteiger partial charge >= 0.3 is 0 Å². The number of carbonyl (C=O) groups is 1. The van der Waals surface area contributed by atoms with E-state index in [9.17, 15) is 10.0 Å². The number of nitrogens with one attached hydrogen (secondary N) is 1. The topological polar surface area (TPSA) is 68.3 Å². The molecule has 184 valence electrons. The molecule has 1 saturated carbocycles. The largest absolute Gasteiger partial charge is 0.633 e. The van der Waals surface area contributed by atoms with Crippen LogP contribution in [0.1, 0.15) is 49.3 Å². The number of nitrogens with zero attached hydrogens (tertiary/aromatic N) is 3. The zero-order valence-electron chi connectivity index (χ0n) is 20.3. The lowest BCUT2D eigenvalue weighted by Gasteiger charge is -2.55. The first kappa shape index (κ1) is 23.0. The molecule has 35 heavy (non-hydrogen) atoms. The second-order valence-electron chi connectivity index (χ2n) is 11.2. The molecule has 3 fully saturated rings. The Hall–Kier alpha value is -2.41. The van der Waals surface area contributed by atoms with Gasteiger partial charge in [0.2, 0.25) is 5.91 Å². The summed E-state index contributed by atoms with van der Waals surface area (Å²) in [6.07, 6.45) is 10.9. The van der Waals surface area contributed by atoms with Crippen LogP contribution in [0.25, 0.3) is 5.70 Å². The molecule has 2 saturated heterocycles. The third-order valence-electron chi connectivity index (χ3n) is 8.49. The first-order chi connectivity index (χ1) is 16.8. The van der Waals surface area contributed by atoms with Gasteiger partial charge in [-0.3, -0.25) is 9.78 Å². The number of hydroxylamine groups is 3. The number of carbonyl (C=O) groups excluding carboxylic acids is 1. The summed E-state index contributed by atoms with van der Waals surface area (Å²) in [5, 5.41) is 17.2. The quantitative estimate of drug-likeness (QED) is 0.499. The molecule has 0 bridgehead atoms. The van der Waals surface area contributed by atoms with Crippen molar-refractivity contribution in [1.82, 2.24) is 15.2 Å². The van der Waals surface area contributed by atoms with Gasteiger partial charge in [-0.25, -0.2) is 0 Å². The van der Waals surface area contributed by atoms with Crippen molar-refractivity contribution in [3.63, 3.8) is 0 Å². The highest BCUT2D eigenvalue weighted by atomic mass is 35.5. The van der Waals surface area contributed by atoms with Crippen molar-refractivity contribution in [1.29, 1.82) is 0 Å². The normalized spacial score (nSPS) is 30.8. The summed E-state index contributed by atoms with van der Waals surface area (Å²) in [7, 11) is 0. The summed E-state index contributed by atoms with van der Waals surface area (Å²) in [6, 6.07) is 10.8. The average Bonchev–Trinajstić information content (AvgIpc) is 3.68. The van der Waals surface area contributed by atoms with Crippen LogP contribution in [0.2, 0.25) is 5.02 Å². The molecule has 1 N–H and O–H groups in total. The predicted octanol–water partition coefficient (Wildman–Crippen LogP) is 4.28. The highest BCUT2D eigenvalue weighted by molar-refractivity contribution is 6.30.